The molecule has 6 nitrogen and oxygen atoms in total. The molecule has 2 unspecified atom stereocenters. The number of esters is 1. The first-order chi connectivity index (χ1) is 43.0. The van der Waals surface area contributed by atoms with Crippen molar-refractivity contribution in [3.63, 3.8) is 0 Å². The summed E-state index contributed by atoms with van der Waals surface area (Å²) in [6, 6.07) is -0.537. The van der Waals surface area contributed by atoms with Gasteiger partial charge in [0.25, 0.3) is 0 Å². The van der Waals surface area contributed by atoms with Gasteiger partial charge in [-0.3, -0.25) is 9.59 Å². The molecule has 0 fully saturated rings. The summed E-state index contributed by atoms with van der Waals surface area (Å²) in [7, 11) is 0. The van der Waals surface area contributed by atoms with Gasteiger partial charge >= 0.3 is 5.97 Å². The zero-order chi connectivity index (χ0) is 62.8. The predicted octanol–water partition coefficient (Wildman–Crippen LogP) is 26.7. The molecule has 0 heterocycles. The lowest BCUT2D eigenvalue weighted by Gasteiger charge is -2.22. The summed E-state index contributed by atoms with van der Waals surface area (Å²) in [5.41, 5.74) is 0. The molecule has 0 aliphatic heterocycles. The molecule has 0 saturated carbocycles. The lowest BCUT2D eigenvalue weighted by atomic mass is 10.0. The van der Waals surface area contributed by atoms with Crippen LogP contribution in [0, 0.1) is 0 Å². The molecule has 0 radical (unpaired) electrons. The normalized spacial score (nSPS) is 12.5. The second-order valence-corrected chi connectivity index (χ2v) is 28.1. The summed E-state index contributed by atoms with van der Waals surface area (Å²) in [6.07, 6.45) is 97.6. The minimum Gasteiger partial charge on any atom is -0.466 e. The highest BCUT2D eigenvalue weighted by Crippen LogP contribution is 2.21. The smallest absolute Gasteiger partial charge is 0.305 e. The molecular formula is C81H159NO5. The SMILES string of the molecule is CCCC/C=C\CCCCCCCC(=O)OCCCCCCCCCCCCCCCCCCCCCCCCCCCCCCCCCCCCCCCCCC(=O)NC(CO)C(O)CCCCCCCCCCCCCCCCCCCCCC. The summed E-state index contributed by atoms with van der Waals surface area (Å²) in [5, 5.41) is 23.5. The highest BCUT2D eigenvalue weighted by Gasteiger charge is 2.20. The molecule has 0 rings (SSSR count). The fraction of sp³-hybridized carbons (Fsp3) is 0.951. The first-order valence-electron chi connectivity index (χ1n) is 40.4. The van der Waals surface area contributed by atoms with E-state index in [-0.39, 0.29) is 18.5 Å². The van der Waals surface area contributed by atoms with E-state index in [9.17, 15) is 19.8 Å². The molecule has 0 aliphatic carbocycles. The van der Waals surface area contributed by atoms with Gasteiger partial charge < -0.3 is 20.3 Å². The molecule has 3 N–H and O–H groups in total. The number of hydrogen-bond donors (Lipinski definition) is 3. The van der Waals surface area contributed by atoms with Gasteiger partial charge in [0.05, 0.1) is 25.4 Å². The third-order valence-electron chi connectivity index (χ3n) is 19.3. The fourth-order valence-corrected chi connectivity index (χ4v) is 13.2. The Morgan fingerprint density at radius 3 is 0.851 bits per heavy atom. The average Bonchev–Trinajstić information content (AvgIpc) is 3.53. The lowest BCUT2D eigenvalue weighted by Crippen LogP contribution is -2.45. The Balaban J connectivity index is 3.29. The van der Waals surface area contributed by atoms with E-state index in [4.69, 9.17) is 4.74 Å². The number of unbranched alkanes of at least 4 members (excludes halogenated alkanes) is 64. The van der Waals surface area contributed by atoms with E-state index in [0.29, 0.717) is 25.9 Å². The fourth-order valence-electron chi connectivity index (χ4n) is 13.2. The quantitative estimate of drug-likeness (QED) is 0.0320. The van der Waals surface area contributed by atoms with E-state index in [1.165, 1.54) is 392 Å². The number of allylic oxidation sites excluding steroid dienone is 2. The number of aliphatic hydroxyl groups excluding tert-OH is 2. The Kier molecular flexibility index (Phi) is 75.8. The molecule has 0 aliphatic rings. The molecule has 6 heteroatoms. The van der Waals surface area contributed by atoms with Crippen LogP contribution >= 0.6 is 0 Å². The molecule has 0 aromatic heterocycles. The van der Waals surface area contributed by atoms with Gasteiger partial charge in [0.1, 0.15) is 0 Å². The van der Waals surface area contributed by atoms with Crippen molar-refractivity contribution >= 4 is 11.9 Å². The third kappa shape index (κ3) is 73.5. The Morgan fingerprint density at radius 1 is 0.310 bits per heavy atom. The minimum absolute atomic E-state index is 0.0138. The van der Waals surface area contributed by atoms with Crippen molar-refractivity contribution in [3.8, 4) is 0 Å². The number of ether oxygens (including phenoxy) is 1. The number of carbonyl (C=O) groups is 2. The number of aliphatic hydroxyl groups is 2. The van der Waals surface area contributed by atoms with Gasteiger partial charge in [-0.1, -0.05) is 424 Å². The van der Waals surface area contributed by atoms with Crippen molar-refractivity contribution in [1.29, 1.82) is 0 Å². The number of nitrogens with one attached hydrogen (secondary N) is 1. The first kappa shape index (κ1) is 85.6. The van der Waals surface area contributed by atoms with Crippen LogP contribution in [0.1, 0.15) is 470 Å². The summed E-state index contributed by atoms with van der Waals surface area (Å²) < 4.78 is 5.48. The molecule has 2 atom stereocenters. The van der Waals surface area contributed by atoms with E-state index in [0.717, 1.165) is 44.9 Å². The van der Waals surface area contributed by atoms with Crippen LogP contribution in [0.4, 0.5) is 0 Å². The van der Waals surface area contributed by atoms with E-state index >= 15 is 0 Å². The first-order valence-corrected chi connectivity index (χ1v) is 40.4. The van der Waals surface area contributed by atoms with E-state index < -0.39 is 12.1 Å². The van der Waals surface area contributed by atoms with Crippen molar-refractivity contribution in [2.24, 2.45) is 0 Å². The maximum atomic E-state index is 12.6. The van der Waals surface area contributed by atoms with Crippen LogP contribution in [0.15, 0.2) is 12.2 Å². The van der Waals surface area contributed by atoms with Crippen molar-refractivity contribution in [3.05, 3.63) is 12.2 Å². The van der Waals surface area contributed by atoms with Crippen LogP contribution in [0.2, 0.25) is 0 Å². The molecule has 1 amide bonds. The van der Waals surface area contributed by atoms with Crippen molar-refractivity contribution in [1.82, 2.24) is 5.32 Å². The second-order valence-electron chi connectivity index (χ2n) is 28.1. The van der Waals surface area contributed by atoms with Crippen LogP contribution in [0.3, 0.4) is 0 Å². The molecule has 0 bridgehead atoms. The predicted molar refractivity (Wildman–Crippen MR) is 384 cm³/mol. The van der Waals surface area contributed by atoms with Crippen molar-refractivity contribution < 1.29 is 24.5 Å². The Hall–Kier alpha value is -1.40. The number of carbonyl (C=O) groups excluding carboxylic acids is 2. The van der Waals surface area contributed by atoms with Gasteiger partial charge in [-0.15, -0.1) is 0 Å². The maximum Gasteiger partial charge on any atom is 0.305 e. The van der Waals surface area contributed by atoms with Gasteiger partial charge in [0, 0.05) is 12.8 Å². The molecule has 0 spiro atoms. The van der Waals surface area contributed by atoms with Crippen LogP contribution in [-0.2, 0) is 14.3 Å². The monoisotopic (exact) mass is 1230 g/mol. The van der Waals surface area contributed by atoms with Gasteiger partial charge in [-0.05, 0) is 44.9 Å². The Labute approximate surface area is 546 Å². The molecule has 0 aromatic carbocycles. The highest BCUT2D eigenvalue weighted by molar-refractivity contribution is 5.76. The number of amides is 1. The summed E-state index contributed by atoms with van der Waals surface area (Å²) in [4.78, 5) is 24.6. The summed E-state index contributed by atoms with van der Waals surface area (Å²) in [6.45, 7) is 4.97. The lowest BCUT2D eigenvalue weighted by molar-refractivity contribution is -0.143. The highest BCUT2D eigenvalue weighted by atomic mass is 16.5. The summed E-state index contributed by atoms with van der Waals surface area (Å²) >= 11 is 0. The minimum atomic E-state index is -0.660. The Morgan fingerprint density at radius 2 is 0.552 bits per heavy atom. The average molecular weight is 1230 g/mol. The molecular weight excluding hydrogens is 1070 g/mol. The maximum absolute atomic E-state index is 12.6. The van der Waals surface area contributed by atoms with Crippen LogP contribution in [0.5, 0.6) is 0 Å². The van der Waals surface area contributed by atoms with E-state index in [1.54, 1.807) is 0 Å². The standard InChI is InChI=1S/C81H159NO5/c1-3-5-7-9-11-13-15-16-17-18-19-41-44-47-50-54-57-61-65-69-73-79(84)78(77-83)82-80(85)74-70-66-62-58-55-51-48-45-42-39-37-35-33-31-29-27-25-23-21-20-22-24-26-28-30-32-34-36-38-40-43-46-49-52-56-60-64-68-72-76-87-81(86)75-71-67-63-59-53-14-12-10-8-6-4-2/h10,12,78-79,83-84H,3-9,11,13-77H2,1-2H3,(H,82,85)/b12-10-. The van der Waals surface area contributed by atoms with Gasteiger partial charge in [-0.2, -0.15) is 0 Å². The van der Waals surface area contributed by atoms with Crippen molar-refractivity contribution in [2.75, 3.05) is 13.2 Å². The molecule has 0 saturated heterocycles. The number of hydrogen-bond acceptors (Lipinski definition) is 5. The van der Waals surface area contributed by atoms with Crippen LogP contribution in [0.25, 0.3) is 0 Å². The molecule has 87 heavy (non-hydrogen) atoms. The van der Waals surface area contributed by atoms with Crippen molar-refractivity contribution in [2.45, 2.75) is 482 Å². The second kappa shape index (κ2) is 77.1. The van der Waals surface area contributed by atoms with Gasteiger partial charge in [0.2, 0.25) is 5.91 Å². The molecule has 0 aromatic rings. The topological polar surface area (TPSA) is 95.9 Å². The van der Waals surface area contributed by atoms with Gasteiger partial charge in [0.15, 0.2) is 0 Å². The van der Waals surface area contributed by atoms with Crippen LogP contribution in [-0.4, -0.2) is 47.4 Å². The molecule has 518 valence electrons. The summed E-state index contributed by atoms with van der Waals surface area (Å²) in [5.74, 6) is -0.00940. The zero-order valence-electron chi connectivity index (χ0n) is 59.5. The largest absolute Gasteiger partial charge is 0.466 e. The van der Waals surface area contributed by atoms with E-state index in [2.05, 4.69) is 31.3 Å². The van der Waals surface area contributed by atoms with Crippen LogP contribution < -0.4 is 5.32 Å². The zero-order valence-corrected chi connectivity index (χ0v) is 59.5. The third-order valence-corrected chi connectivity index (χ3v) is 19.3. The Bertz CT molecular complexity index is 1320. The van der Waals surface area contributed by atoms with E-state index in [1.807, 2.05) is 0 Å². The van der Waals surface area contributed by atoms with Gasteiger partial charge in [-0.25, -0.2) is 0 Å². The number of rotatable bonds is 77.